The summed E-state index contributed by atoms with van der Waals surface area (Å²) >= 11 is 5.79. The third-order valence-electron chi connectivity index (χ3n) is 5.30. The minimum absolute atomic E-state index is 0. The molecular weight excluding hydrogens is 392 g/mol. The highest BCUT2D eigenvalue weighted by atomic mass is 35.5. The molecule has 0 radical (unpaired) electrons. The molecule has 27 heavy (non-hydrogen) atoms. The average Bonchev–Trinajstić information content (AvgIpc) is 2.64. The van der Waals surface area contributed by atoms with Crippen LogP contribution in [0, 0.1) is 11.7 Å². The van der Waals surface area contributed by atoms with Crippen LogP contribution in [0.1, 0.15) is 29.6 Å². The molecular formula is C19H20Cl2FN3O2. The van der Waals surface area contributed by atoms with Crippen LogP contribution >= 0.6 is 24.0 Å². The van der Waals surface area contributed by atoms with E-state index in [1.807, 2.05) is 6.07 Å². The van der Waals surface area contributed by atoms with Gasteiger partial charge in [-0.2, -0.15) is 0 Å². The molecule has 0 saturated carbocycles. The van der Waals surface area contributed by atoms with Crippen LogP contribution < -0.4 is 16.2 Å². The van der Waals surface area contributed by atoms with Gasteiger partial charge in [0.1, 0.15) is 11.9 Å². The van der Waals surface area contributed by atoms with Crippen LogP contribution in [0.3, 0.4) is 0 Å². The van der Waals surface area contributed by atoms with Crippen LogP contribution in [0.2, 0.25) is 5.02 Å². The van der Waals surface area contributed by atoms with E-state index in [2.05, 4.69) is 10.6 Å². The number of nitrogens with one attached hydrogen (secondary N) is 2. The summed E-state index contributed by atoms with van der Waals surface area (Å²) in [5, 5.41) is 6.16. The molecule has 8 heteroatoms. The van der Waals surface area contributed by atoms with E-state index in [0.717, 1.165) is 18.7 Å². The number of nitrogens with zero attached hydrogens (tertiary/aromatic N) is 1. The van der Waals surface area contributed by atoms with Gasteiger partial charge in [0.2, 0.25) is 5.91 Å². The van der Waals surface area contributed by atoms with Crippen LogP contribution in [0.5, 0.6) is 0 Å². The van der Waals surface area contributed by atoms with E-state index in [-0.39, 0.29) is 47.3 Å². The van der Waals surface area contributed by atoms with Gasteiger partial charge in [0, 0.05) is 48.8 Å². The van der Waals surface area contributed by atoms with E-state index in [1.165, 1.54) is 12.1 Å². The maximum atomic E-state index is 14.1. The summed E-state index contributed by atoms with van der Waals surface area (Å²) in [6, 6.07) is 9.22. The highest BCUT2D eigenvalue weighted by molar-refractivity contribution is 6.30. The first-order valence-corrected chi connectivity index (χ1v) is 9.07. The fraction of sp³-hybridized carbons (Fsp3) is 0.368. The Morgan fingerprint density at radius 2 is 2.04 bits per heavy atom. The SMILES string of the molecule is Cl.O=C(NCc1cccc(Cl)c1F)[C@H]1[C@@H]2CNC[C@@H](C2)c2cccc(=O)n21. The lowest BCUT2D eigenvalue weighted by Crippen LogP contribution is -2.52. The summed E-state index contributed by atoms with van der Waals surface area (Å²) in [6.45, 7) is 1.52. The monoisotopic (exact) mass is 411 g/mol. The number of carbonyl (C=O) groups is 1. The molecule has 2 aliphatic rings. The highest BCUT2D eigenvalue weighted by Crippen LogP contribution is 2.38. The molecule has 3 heterocycles. The standard InChI is InChI=1S/C19H19ClFN3O2.ClH/c20-14-4-1-3-11(17(14)21)10-23-19(26)18-13-7-12(8-22-9-13)15-5-2-6-16(25)24(15)18;/h1-6,12-13,18,22H,7-10H2,(H,23,26);1H/t12-,13+,18-;/m1./s1. The Labute approximate surface area is 167 Å². The summed E-state index contributed by atoms with van der Waals surface area (Å²) in [5.41, 5.74) is 1.03. The first-order chi connectivity index (χ1) is 12.6. The van der Waals surface area contributed by atoms with Crippen molar-refractivity contribution in [1.82, 2.24) is 15.2 Å². The van der Waals surface area contributed by atoms with E-state index in [4.69, 9.17) is 11.6 Å². The van der Waals surface area contributed by atoms with E-state index in [0.29, 0.717) is 12.1 Å². The second-order valence-electron chi connectivity index (χ2n) is 6.89. The molecule has 3 atom stereocenters. The van der Waals surface area contributed by atoms with Crippen molar-refractivity contribution < 1.29 is 9.18 Å². The lowest BCUT2D eigenvalue weighted by atomic mass is 9.79. The van der Waals surface area contributed by atoms with Crippen molar-refractivity contribution in [2.24, 2.45) is 5.92 Å². The number of piperidine rings is 1. The fourth-order valence-electron chi connectivity index (χ4n) is 4.10. The van der Waals surface area contributed by atoms with E-state index in [1.54, 1.807) is 22.8 Å². The number of amides is 1. The third kappa shape index (κ3) is 3.61. The maximum absolute atomic E-state index is 14.1. The predicted octanol–water partition coefficient (Wildman–Crippen LogP) is 2.63. The van der Waals surface area contributed by atoms with Gasteiger partial charge in [-0.15, -0.1) is 12.4 Å². The summed E-state index contributed by atoms with van der Waals surface area (Å²) < 4.78 is 15.7. The molecule has 0 spiro atoms. The van der Waals surface area contributed by atoms with Crippen LogP contribution in [0.4, 0.5) is 4.39 Å². The van der Waals surface area contributed by atoms with E-state index >= 15 is 0 Å². The highest BCUT2D eigenvalue weighted by Gasteiger charge is 2.41. The van der Waals surface area contributed by atoms with Gasteiger partial charge in [-0.25, -0.2) is 4.39 Å². The van der Waals surface area contributed by atoms with Crippen molar-refractivity contribution in [3.63, 3.8) is 0 Å². The summed E-state index contributed by atoms with van der Waals surface area (Å²) in [4.78, 5) is 25.4. The lowest BCUT2D eigenvalue weighted by molar-refractivity contribution is -0.127. The molecule has 144 valence electrons. The summed E-state index contributed by atoms with van der Waals surface area (Å²) in [7, 11) is 0. The van der Waals surface area contributed by atoms with Gasteiger partial charge in [-0.1, -0.05) is 29.8 Å². The molecule has 1 aromatic heterocycles. The Balaban J connectivity index is 0.00000210. The first-order valence-electron chi connectivity index (χ1n) is 8.69. The van der Waals surface area contributed by atoms with Gasteiger partial charge in [-0.3, -0.25) is 14.2 Å². The molecule has 4 rings (SSSR count). The topological polar surface area (TPSA) is 63.1 Å². The van der Waals surface area contributed by atoms with Gasteiger partial charge < -0.3 is 10.6 Å². The normalized spacial score (nSPS) is 23.1. The number of hydrogen-bond acceptors (Lipinski definition) is 3. The molecule has 1 fully saturated rings. The van der Waals surface area contributed by atoms with Crippen molar-refractivity contribution in [2.75, 3.05) is 13.1 Å². The number of aromatic nitrogens is 1. The van der Waals surface area contributed by atoms with Gasteiger partial charge in [0.15, 0.2) is 0 Å². The second kappa shape index (κ2) is 8.00. The molecule has 1 aromatic carbocycles. The molecule has 1 saturated heterocycles. The molecule has 1 amide bonds. The smallest absolute Gasteiger partial charge is 0.251 e. The van der Waals surface area contributed by atoms with Crippen molar-refractivity contribution in [2.45, 2.75) is 24.9 Å². The molecule has 5 nitrogen and oxygen atoms in total. The molecule has 2 aromatic rings. The Morgan fingerprint density at radius 3 is 2.85 bits per heavy atom. The Morgan fingerprint density at radius 1 is 1.26 bits per heavy atom. The number of pyridine rings is 1. The molecule has 2 N–H and O–H groups in total. The van der Waals surface area contributed by atoms with Gasteiger partial charge in [0.25, 0.3) is 5.56 Å². The minimum Gasteiger partial charge on any atom is -0.350 e. The summed E-state index contributed by atoms with van der Waals surface area (Å²) in [6.07, 6.45) is 0.861. The average molecular weight is 412 g/mol. The third-order valence-corrected chi connectivity index (χ3v) is 5.59. The van der Waals surface area contributed by atoms with Gasteiger partial charge >= 0.3 is 0 Å². The quantitative estimate of drug-likeness (QED) is 0.815. The number of hydrogen-bond donors (Lipinski definition) is 2. The number of rotatable bonds is 3. The number of fused-ring (bicyclic) bond motifs is 4. The Bertz CT molecular complexity index is 918. The van der Waals surface area contributed by atoms with Crippen LogP contribution in [0.25, 0.3) is 0 Å². The maximum Gasteiger partial charge on any atom is 0.251 e. The largest absolute Gasteiger partial charge is 0.350 e. The zero-order valence-corrected chi connectivity index (χ0v) is 16.0. The van der Waals surface area contributed by atoms with E-state index < -0.39 is 11.9 Å². The molecule has 0 unspecified atom stereocenters. The predicted molar refractivity (Wildman–Crippen MR) is 104 cm³/mol. The van der Waals surface area contributed by atoms with Crippen LogP contribution in [-0.4, -0.2) is 23.6 Å². The Hall–Kier alpha value is -1.89. The van der Waals surface area contributed by atoms with Crippen molar-refractivity contribution >= 4 is 29.9 Å². The molecule has 2 aliphatic heterocycles. The number of benzene rings is 1. The Kier molecular flexibility index (Phi) is 5.89. The summed E-state index contributed by atoms with van der Waals surface area (Å²) in [5.74, 6) is -0.538. The minimum atomic E-state index is -0.593. The first kappa shape index (κ1) is 19.9. The second-order valence-corrected chi connectivity index (χ2v) is 7.29. The van der Waals surface area contributed by atoms with E-state index in [9.17, 15) is 14.0 Å². The zero-order chi connectivity index (χ0) is 18.3. The van der Waals surface area contributed by atoms with Gasteiger partial charge in [-0.05, 0) is 18.6 Å². The van der Waals surface area contributed by atoms with Crippen molar-refractivity contribution in [1.29, 1.82) is 0 Å². The zero-order valence-electron chi connectivity index (χ0n) is 14.5. The van der Waals surface area contributed by atoms with Gasteiger partial charge in [0.05, 0.1) is 5.02 Å². The number of carbonyl (C=O) groups excluding carboxylic acids is 1. The molecule has 2 bridgehead atoms. The lowest BCUT2D eigenvalue weighted by Gasteiger charge is -2.42. The molecule has 0 aliphatic carbocycles. The van der Waals surface area contributed by atoms with Crippen molar-refractivity contribution in [3.8, 4) is 0 Å². The van der Waals surface area contributed by atoms with Crippen LogP contribution in [-0.2, 0) is 11.3 Å². The van der Waals surface area contributed by atoms with Crippen molar-refractivity contribution in [3.05, 3.63) is 68.8 Å². The number of halogens is 3. The fourth-order valence-corrected chi connectivity index (χ4v) is 4.30. The van der Waals surface area contributed by atoms with Crippen LogP contribution in [0.15, 0.2) is 41.2 Å².